The van der Waals surface area contributed by atoms with Crippen LogP contribution in [0.25, 0.3) is 0 Å². The van der Waals surface area contributed by atoms with Crippen LogP contribution in [0.5, 0.6) is 0 Å². The lowest BCUT2D eigenvalue weighted by Gasteiger charge is -2.10. The van der Waals surface area contributed by atoms with E-state index in [1.54, 1.807) is 0 Å². The quantitative estimate of drug-likeness (QED) is 0.867. The molecule has 0 aliphatic heterocycles. The first-order chi connectivity index (χ1) is 8.84. The van der Waals surface area contributed by atoms with Crippen molar-refractivity contribution in [3.8, 4) is 0 Å². The lowest BCUT2D eigenvalue weighted by molar-refractivity contribution is -0.137. The molecule has 19 heavy (non-hydrogen) atoms. The first-order valence-electron chi connectivity index (χ1n) is 5.98. The van der Waals surface area contributed by atoms with Crippen LogP contribution in [0.4, 0.5) is 13.2 Å². The van der Waals surface area contributed by atoms with Crippen molar-refractivity contribution < 1.29 is 23.1 Å². The summed E-state index contributed by atoms with van der Waals surface area (Å²) in [6.45, 7) is 2.11. The molecule has 0 bridgehead atoms. The third-order valence-corrected chi connectivity index (χ3v) is 2.71. The van der Waals surface area contributed by atoms with Crippen molar-refractivity contribution in [2.24, 2.45) is 0 Å². The normalized spacial score (nSPS) is 13.1. The molecule has 0 fully saturated rings. The molecule has 1 atom stereocenters. The Labute approximate surface area is 109 Å². The molecule has 0 radical (unpaired) electrons. The zero-order valence-electron chi connectivity index (χ0n) is 10.5. The highest BCUT2D eigenvalue weighted by Crippen LogP contribution is 2.28. The number of hydrogen-bond acceptors (Lipinski definition) is 2. The Balaban J connectivity index is 2.54. The monoisotopic (exact) mass is 275 g/mol. The molecule has 0 aliphatic carbocycles. The predicted octanol–water partition coefficient (Wildman–Crippen LogP) is 2.60. The van der Waals surface area contributed by atoms with Crippen LogP contribution < -0.4 is 5.32 Å². The van der Waals surface area contributed by atoms with Gasteiger partial charge in [-0.05, 0) is 37.1 Å². The molecule has 0 aliphatic rings. The van der Waals surface area contributed by atoms with Crippen LogP contribution in [-0.4, -0.2) is 23.7 Å². The molecule has 0 aromatic heterocycles. The smallest absolute Gasteiger partial charge is 0.393 e. The number of rotatable bonds is 5. The van der Waals surface area contributed by atoms with E-state index in [1.165, 1.54) is 0 Å². The summed E-state index contributed by atoms with van der Waals surface area (Å²) in [4.78, 5) is 11.6. The van der Waals surface area contributed by atoms with E-state index in [9.17, 15) is 23.1 Å². The number of aliphatic hydroxyl groups excluding tert-OH is 1. The van der Waals surface area contributed by atoms with Crippen LogP contribution >= 0.6 is 0 Å². The van der Waals surface area contributed by atoms with Gasteiger partial charge in [-0.3, -0.25) is 4.79 Å². The third-order valence-electron chi connectivity index (χ3n) is 2.71. The minimum Gasteiger partial charge on any atom is -0.393 e. The van der Waals surface area contributed by atoms with Gasteiger partial charge in [-0.15, -0.1) is 0 Å². The van der Waals surface area contributed by atoms with Crippen LogP contribution in [0.15, 0.2) is 24.3 Å². The van der Waals surface area contributed by atoms with Gasteiger partial charge in [0, 0.05) is 12.1 Å². The molecular weight excluding hydrogens is 259 g/mol. The molecule has 1 amide bonds. The van der Waals surface area contributed by atoms with E-state index in [0.717, 1.165) is 24.3 Å². The minimum atomic E-state index is -4.40. The molecule has 2 N–H and O–H groups in total. The zero-order valence-corrected chi connectivity index (χ0v) is 10.5. The molecule has 1 unspecified atom stereocenters. The molecule has 106 valence electrons. The van der Waals surface area contributed by atoms with Crippen molar-refractivity contribution >= 4 is 5.91 Å². The molecule has 1 aromatic rings. The minimum absolute atomic E-state index is 0.166. The molecule has 1 rings (SSSR count). The summed E-state index contributed by atoms with van der Waals surface area (Å²) in [6.07, 6.45) is -3.87. The largest absolute Gasteiger partial charge is 0.416 e. The van der Waals surface area contributed by atoms with E-state index in [-0.39, 0.29) is 12.1 Å². The van der Waals surface area contributed by atoms with Crippen molar-refractivity contribution in [2.75, 3.05) is 6.54 Å². The summed E-state index contributed by atoms with van der Waals surface area (Å²) in [5.41, 5.74) is -0.621. The fraction of sp³-hybridized carbons (Fsp3) is 0.462. The average molecular weight is 275 g/mol. The van der Waals surface area contributed by atoms with Gasteiger partial charge in [-0.2, -0.15) is 13.2 Å². The summed E-state index contributed by atoms with van der Waals surface area (Å²) >= 11 is 0. The van der Waals surface area contributed by atoms with Crippen LogP contribution in [0.2, 0.25) is 0 Å². The first-order valence-corrected chi connectivity index (χ1v) is 5.98. The SMILES string of the molecule is CCC(O)CCNC(=O)c1ccc(C(F)(F)F)cc1. The Morgan fingerprint density at radius 2 is 1.89 bits per heavy atom. The number of hydrogen-bond donors (Lipinski definition) is 2. The summed E-state index contributed by atoms with van der Waals surface area (Å²) < 4.78 is 37.0. The lowest BCUT2D eigenvalue weighted by atomic mass is 10.1. The van der Waals surface area contributed by atoms with E-state index >= 15 is 0 Å². The van der Waals surface area contributed by atoms with E-state index in [4.69, 9.17) is 0 Å². The average Bonchev–Trinajstić information content (AvgIpc) is 2.37. The Hall–Kier alpha value is -1.56. The Kier molecular flexibility index (Phi) is 5.35. The van der Waals surface area contributed by atoms with Gasteiger partial charge in [0.2, 0.25) is 0 Å². The van der Waals surface area contributed by atoms with Crippen LogP contribution in [0.3, 0.4) is 0 Å². The first kappa shape index (κ1) is 15.5. The number of nitrogens with one attached hydrogen (secondary N) is 1. The standard InChI is InChI=1S/C13H16F3NO2/c1-2-11(18)7-8-17-12(19)9-3-5-10(6-4-9)13(14,15)16/h3-6,11,18H,2,7-8H2,1H3,(H,17,19). The van der Waals surface area contributed by atoms with Gasteiger partial charge in [0.25, 0.3) is 5.91 Å². The maximum Gasteiger partial charge on any atom is 0.416 e. The van der Waals surface area contributed by atoms with Gasteiger partial charge >= 0.3 is 6.18 Å². The van der Waals surface area contributed by atoms with E-state index in [1.807, 2.05) is 6.92 Å². The molecule has 0 saturated carbocycles. The summed E-state index contributed by atoms with van der Waals surface area (Å²) in [5, 5.41) is 11.8. The summed E-state index contributed by atoms with van der Waals surface area (Å²) in [5.74, 6) is -0.447. The van der Waals surface area contributed by atoms with Gasteiger partial charge in [0.05, 0.1) is 11.7 Å². The number of carbonyl (C=O) groups excluding carboxylic acids is 1. The van der Waals surface area contributed by atoms with Gasteiger partial charge in [0.15, 0.2) is 0 Å². The second kappa shape index (κ2) is 6.56. The molecule has 1 aromatic carbocycles. The number of amides is 1. The molecule has 0 spiro atoms. The summed E-state index contributed by atoms with van der Waals surface area (Å²) in [7, 11) is 0. The van der Waals surface area contributed by atoms with E-state index < -0.39 is 23.8 Å². The van der Waals surface area contributed by atoms with Crippen molar-refractivity contribution in [3.63, 3.8) is 0 Å². The lowest BCUT2D eigenvalue weighted by Crippen LogP contribution is -2.27. The van der Waals surface area contributed by atoms with Crippen molar-refractivity contribution in [1.29, 1.82) is 0 Å². The van der Waals surface area contributed by atoms with Crippen LogP contribution in [-0.2, 0) is 6.18 Å². The Bertz CT molecular complexity index is 415. The van der Waals surface area contributed by atoms with Crippen molar-refractivity contribution in [2.45, 2.75) is 32.0 Å². The molecular formula is C13H16F3NO2. The Morgan fingerprint density at radius 3 is 2.37 bits per heavy atom. The zero-order chi connectivity index (χ0) is 14.5. The molecule has 0 saturated heterocycles. The number of carbonyl (C=O) groups is 1. The number of benzene rings is 1. The fourth-order valence-corrected chi connectivity index (χ4v) is 1.47. The van der Waals surface area contributed by atoms with Gasteiger partial charge < -0.3 is 10.4 Å². The van der Waals surface area contributed by atoms with Crippen LogP contribution in [0.1, 0.15) is 35.7 Å². The van der Waals surface area contributed by atoms with E-state index in [0.29, 0.717) is 12.8 Å². The maximum absolute atomic E-state index is 12.3. The van der Waals surface area contributed by atoms with Gasteiger partial charge in [-0.25, -0.2) is 0 Å². The van der Waals surface area contributed by atoms with Gasteiger partial charge in [-0.1, -0.05) is 6.92 Å². The number of halogens is 3. The second-order valence-corrected chi connectivity index (χ2v) is 4.18. The number of aliphatic hydroxyl groups is 1. The summed E-state index contributed by atoms with van der Waals surface area (Å²) in [6, 6.07) is 4.01. The molecule has 6 heteroatoms. The van der Waals surface area contributed by atoms with Gasteiger partial charge in [0.1, 0.15) is 0 Å². The second-order valence-electron chi connectivity index (χ2n) is 4.18. The predicted molar refractivity (Wildman–Crippen MR) is 64.7 cm³/mol. The highest BCUT2D eigenvalue weighted by molar-refractivity contribution is 5.94. The molecule has 3 nitrogen and oxygen atoms in total. The Morgan fingerprint density at radius 1 is 1.32 bits per heavy atom. The van der Waals surface area contributed by atoms with E-state index in [2.05, 4.69) is 5.32 Å². The van der Waals surface area contributed by atoms with Crippen LogP contribution in [0, 0.1) is 0 Å². The third kappa shape index (κ3) is 4.90. The maximum atomic E-state index is 12.3. The van der Waals surface area contributed by atoms with Crippen molar-refractivity contribution in [1.82, 2.24) is 5.32 Å². The highest BCUT2D eigenvalue weighted by Gasteiger charge is 2.30. The topological polar surface area (TPSA) is 49.3 Å². The van der Waals surface area contributed by atoms with Crippen molar-refractivity contribution in [3.05, 3.63) is 35.4 Å². The highest BCUT2D eigenvalue weighted by atomic mass is 19.4. The number of alkyl halides is 3. The fourth-order valence-electron chi connectivity index (χ4n) is 1.47. The molecule has 0 heterocycles.